The van der Waals surface area contributed by atoms with Crippen LogP contribution in [0.25, 0.3) is 11.3 Å². The van der Waals surface area contributed by atoms with Gasteiger partial charge in [-0.2, -0.15) is 5.10 Å². The van der Waals surface area contributed by atoms with Crippen LogP contribution in [-0.2, 0) is 6.54 Å². The van der Waals surface area contributed by atoms with Gasteiger partial charge in [-0.05, 0) is 31.9 Å². The second-order valence-corrected chi connectivity index (χ2v) is 5.93. The summed E-state index contributed by atoms with van der Waals surface area (Å²) in [6.45, 7) is 7.19. The molecule has 2 heterocycles. The Labute approximate surface area is 142 Å². The Balaban J connectivity index is 1.82. The lowest BCUT2D eigenvalue weighted by molar-refractivity contribution is 0.598. The molecule has 0 spiro atoms. The maximum Gasteiger partial charge on any atom is 0.223 e. The number of aromatic nitrogens is 4. The monoisotopic (exact) mass is 321 g/mol. The molecule has 0 aliphatic rings. The fourth-order valence-corrected chi connectivity index (χ4v) is 2.71. The Morgan fingerprint density at radius 3 is 2.71 bits per heavy atom. The van der Waals surface area contributed by atoms with Gasteiger partial charge in [-0.15, -0.1) is 0 Å². The first-order chi connectivity index (χ1) is 11.7. The van der Waals surface area contributed by atoms with Crippen LogP contribution in [-0.4, -0.2) is 19.7 Å². The minimum absolute atomic E-state index is 0.144. The fraction of sp³-hybridized carbons (Fsp3) is 0.316. The van der Waals surface area contributed by atoms with Crippen molar-refractivity contribution in [2.24, 2.45) is 0 Å². The predicted molar refractivity (Wildman–Crippen MR) is 96.8 cm³/mol. The van der Waals surface area contributed by atoms with Crippen LogP contribution in [0.15, 0.2) is 48.8 Å². The quantitative estimate of drug-likeness (QED) is 0.738. The zero-order chi connectivity index (χ0) is 16.9. The molecule has 0 aliphatic heterocycles. The largest absolute Gasteiger partial charge is 0.348 e. The van der Waals surface area contributed by atoms with E-state index in [0.29, 0.717) is 5.95 Å². The first-order valence-electron chi connectivity index (χ1n) is 8.36. The number of nitrogens with zero attached hydrogens (tertiary/aromatic N) is 4. The maximum absolute atomic E-state index is 4.67. The predicted octanol–water partition coefficient (Wildman–Crippen LogP) is 4.23. The number of aryl methyl sites for hydroxylation is 2. The topological polar surface area (TPSA) is 55.6 Å². The van der Waals surface area contributed by atoms with Gasteiger partial charge in [0, 0.05) is 24.5 Å². The number of rotatable bonds is 6. The Morgan fingerprint density at radius 1 is 1.17 bits per heavy atom. The molecule has 124 valence electrons. The van der Waals surface area contributed by atoms with Crippen molar-refractivity contribution in [3.05, 3.63) is 60.0 Å². The smallest absolute Gasteiger partial charge is 0.223 e. The van der Waals surface area contributed by atoms with E-state index in [0.717, 1.165) is 29.9 Å². The molecule has 5 heteroatoms. The molecule has 3 rings (SSSR count). The van der Waals surface area contributed by atoms with Crippen molar-refractivity contribution in [3.63, 3.8) is 0 Å². The molecule has 1 N–H and O–H groups in total. The van der Waals surface area contributed by atoms with Crippen LogP contribution in [0.4, 0.5) is 5.95 Å². The first kappa shape index (κ1) is 16.2. The summed E-state index contributed by atoms with van der Waals surface area (Å²) >= 11 is 0. The van der Waals surface area contributed by atoms with E-state index in [1.54, 1.807) is 6.20 Å². The number of hydrogen-bond donors (Lipinski definition) is 1. The standard InChI is InChI=1S/C19H23N5/c1-4-12-24-13-17(15(3)23-24)18-10-11-20-19(22-18)21-14(2)16-8-6-5-7-9-16/h5-11,13-14H,4,12H2,1-3H3,(H,20,21,22)/t14-/m1/s1. The van der Waals surface area contributed by atoms with E-state index in [2.05, 4.69) is 52.6 Å². The van der Waals surface area contributed by atoms with Crippen molar-refractivity contribution in [1.29, 1.82) is 0 Å². The molecule has 3 aromatic rings. The highest BCUT2D eigenvalue weighted by Gasteiger charge is 2.11. The third-order valence-corrected chi connectivity index (χ3v) is 3.98. The number of nitrogens with one attached hydrogen (secondary N) is 1. The van der Waals surface area contributed by atoms with Crippen molar-refractivity contribution in [2.75, 3.05) is 5.32 Å². The molecule has 5 nitrogen and oxygen atoms in total. The summed E-state index contributed by atoms with van der Waals surface area (Å²) in [6, 6.07) is 12.4. The highest BCUT2D eigenvalue weighted by molar-refractivity contribution is 5.61. The van der Waals surface area contributed by atoms with Gasteiger partial charge in [0.2, 0.25) is 5.95 Å². The molecule has 2 aromatic heterocycles. The highest BCUT2D eigenvalue weighted by atomic mass is 15.3. The van der Waals surface area contributed by atoms with Gasteiger partial charge in [-0.3, -0.25) is 4.68 Å². The van der Waals surface area contributed by atoms with Gasteiger partial charge in [0.1, 0.15) is 0 Å². The SMILES string of the molecule is CCCn1cc(-c2ccnc(N[C@H](C)c3ccccc3)n2)c(C)n1. The molecule has 0 saturated heterocycles. The summed E-state index contributed by atoms with van der Waals surface area (Å²) in [4.78, 5) is 9.02. The average Bonchev–Trinajstić information content (AvgIpc) is 2.97. The van der Waals surface area contributed by atoms with Crippen molar-refractivity contribution >= 4 is 5.95 Å². The molecule has 0 radical (unpaired) electrons. The summed E-state index contributed by atoms with van der Waals surface area (Å²) in [5.74, 6) is 0.631. The van der Waals surface area contributed by atoms with Gasteiger partial charge in [0.15, 0.2) is 0 Å². The molecule has 0 bridgehead atoms. The average molecular weight is 321 g/mol. The number of hydrogen-bond acceptors (Lipinski definition) is 4. The zero-order valence-corrected chi connectivity index (χ0v) is 14.4. The lowest BCUT2D eigenvalue weighted by atomic mass is 10.1. The van der Waals surface area contributed by atoms with Gasteiger partial charge >= 0.3 is 0 Å². The van der Waals surface area contributed by atoms with Crippen LogP contribution in [0.5, 0.6) is 0 Å². The third-order valence-electron chi connectivity index (χ3n) is 3.98. The minimum Gasteiger partial charge on any atom is -0.348 e. The molecule has 0 unspecified atom stereocenters. The number of benzene rings is 1. The highest BCUT2D eigenvalue weighted by Crippen LogP contribution is 2.22. The van der Waals surface area contributed by atoms with E-state index < -0.39 is 0 Å². The van der Waals surface area contributed by atoms with E-state index in [4.69, 9.17) is 0 Å². The van der Waals surface area contributed by atoms with E-state index in [-0.39, 0.29) is 6.04 Å². The van der Waals surface area contributed by atoms with Crippen LogP contribution >= 0.6 is 0 Å². The first-order valence-corrected chi connectivity index (χ1v) is 8.36. The summed E-state index contributed by atoms with van der Waals surface area (Å²) in [7, 11) is 0. The van der Waals surface area contributed by atoms with Crippen LogP contribution < -0.4 is 5.32 Å². The Hall–Kier alpha value is -2.69. The fourth-order valence-electron chi connectivity index (χ4n) is 2.71. The normalized spacial score (nSPS) is 12.1. The molecule has 0 amide bonds. The maximum atomic E-state index is 4.67. The summed E-state index contributed by atoms with van der Waals surface area (Å²) in [5.41, 5.74) is 4.15. The van der Waals surface area contributed by atoms with Gasteiger partial charge < -0.3 is 5.32 Å². The zero-order valence-electron chi connectivity index (χ0n) is 14.4. The van der Waals surface area contributed by atoms with E-state index in [1.807, 2.05) is 35.9 Å². The van der Waals surface area contributed by atoms with Gasteiger partial charge in [-0.1, -0.05) is 37.3 Å². The molecule has 0 aliphatic carbocycles. The lowest BCUT2D eigenvalue weighted by Crippen LogP contribution is -2.09. The molecule has 1 atom stereocenters. The third kappa shape index (κ3) is 3.62. The van der Waals surface area contributed by atoms with Crippen molar-refractivity contribution in [1.82, 2.24) is 19.7 Å². The van der Waals surface area contributed by atoms with Crippen molar-refractivity contribution in [3.8, 4) is 11.3 Å². The van der Waals surface area contributed by atoms with E-state index in [9.17, 15) is 0 Å². The van der Waals surface area contributed by atoms with Crippen molar-refractivity contribution in [2.45, 2.75) is 39.8 Å². The molecule has 0 saturated carbocycles. The molecule has 1 aromatic carbocycles. The summed E-state index contributed by atoms with van der Waals surface area (Å²) < 4.78 is 1.98. The Bertz CT molecular complexity index is 795. The molecular weight excluding hydrogens is 298 g/mol. The van der Waals surface area contributed by atoms with Crippen LogP contribution in [0.2, 0.25) is 0 Å². The summed E-state index contributed by atoms with van der Waals surface area (Å²) in [5, 5.41) is 7.92. The van der Waals surface area contributed by atoms with E-state index >= 15 is 0 Å². The molecule has 24 heavy (non-hydrogen) atoms. The Morgan fingerprint density at radius 2 is 1.96 bits per heavy atom. The summed E-state index contributed by atoms with van der Waals surface area (Å²) in [6.07, 6.45) is 4.91. The van der Waals surface area contributed by atoms with Crippen LogP contribution in [0.3, 0.4) is 0 Å². The van der Waals surface area contributed by atoms with Gasteiger partial charge in [0.25, 0.3) is 0 Å². The van der Waals surface area contributed by atoms with Crippen LogP contribution in [0, 0.1) is 6.92 Å². The van der Waals surface area contributed by atoms with Gasteiger partial charge in [-0.25, -0.2) is 9.97 Å². The minimum atomic E-state index is 0.144. The van der Waals surface area contributed by atoms with E-state index in [1.165, 1.54) is 5.56 Å². The number of anilines is 1. The van der Waals surface area contributed by atoms with Crippen molar-refractivity contribution < 1.29 is 0 Å². The second kappa shape index (κ2) is 7.25. The second-order valence-electron chi connectivity index (χ2n) is 5.93. The molecular formula is C19H23N5. The van der Waals surface area contributed by atoms with Gasteiger partial charge in [0.05, 0.1) is 17.4 Å². The molecule has 0 fully saturated rings. The lowest BCUT2D eigenvalue weighted by Gasteiger charge is -2.14. The van der Waals surface area contributed by atoms with Crippen LogP contribution in [0.1, 0.15) is 37.6 Å². The Kier molecular flexibility index (Phi) is 4.89.